The van der Waals surface area contributed by atoms with E-state index >= 15 is 0 Å². The highest BCUT2D eigenvalue weighted by Crippen LogP contribution is 2.31. The van der Waals surface area contributed by atoms with E-state index in [0.29, 0.717) is 36.7 Å². The Morgan fingerprint density at radius 2 is 1.72 bits per heavy atom. The van der Waals surface area contributed by atoms with Crippen molar-refractivity contribution in [2.75, 3.05) is 32.8 Å². The Kier molecular flexibility index (Phi) is 5.35. The number of carbonyl (C=O) groups excluding carboxylic acids is 1. The number of benzene rings is 2. The molecule has 1 fully saturated rings. The van der Waals surface area contributed by atoms with Crippen LogP contribution in [-0.2, 0) is 11.3 Å². The van der Waals surface area contributed by atoms with Crippen LogP contribution >= 0.6 is 0 Å². The van der Waals surface area contributed by atoms with Crippen molar-refractivity contribution in [3.63, 3.8) is 0 Å². The van der Waals surface area contributed by atoms with Crippen molar-refractivity contribution in [3.8, 4) is 11.5 Å². The molecule has 0 saturated carbocycles. The molecule has 2 aliphatic rings. The second kappa shape index (κ2) is 8.31. The van der Waals surface area contributed by atoms with E-state index < -0.39 is 6.10 Å². The Bertz CT molecular complexity index is 1230. The Morgan fingerprint density at radius 3 is 2.50 bits per heavy atom. The van der Waals surface area contributed by atoms with Crippen LogP contribution in [0.25, 0.3) is 11.0 Å². The number of para-hydroxylation sites is 2. The second-order valence-electron chi connectivity index (χ2n) is 8.49. The Labute approximate surface area is 186 Å². The zero-order chi connectivity index (χ0) is 22.2. The SMILES string of the molecule is Cc1cc2oc(=O)cc(CN3CCN(C(=O)C4COc5ccccc5O4)CC3)c2cc1C. The molecular formula is C25H26N2O5. The van der Waals surface area contributed by atoms with Crippen LogP contribution in [0.15, 0.2) is 51.7 Å². The van der Waals surface area contributed by atoms with E-state index in [2.05, 4.69) is 17.9 Å². The van der Waals surface area contributed by atoms with Crippen molar-refractivity contribution < 1.29 is 18.7 Å². The predicted molar refractivity (Wildman–Crippen MR) is 120 cm³/mol. The maximum absolute atomic E-state index is 13.0. The quantitative estimate of drug-likeness (QED) is 0.591. The Hall–Kier alpha value is -3.32. The number of ether oxygens (including phenoxy) is 2. The highest BCUT2D eigenvalue weighted by Gasteiger charge is 2.32. The van der Waals surface area contributed by atoms with Gasteiger partial charge in [-0.2, -0.15) is 0 Å². The number of hydrogen-bond acceptors (Lipinski definition) is 6. The summed E-state index contributed by atoms with van der Waals surface area (Å²) in [6, 6.07) is 13.0. The van der Waals surface area contributed by atoms with Crippen LogP contribution in [0.4, 0.5) is 0 Å². The van der Waals surface area contributed by atoms with Gasteiger partial charge in [0.1, 0.15) is 12.2 Å². The molecule has 1 saturated heterocycles. The van der Waals surface area contributed by atoms with Gasteiger partial charge in [-0.05, 0) is 54.8 Å². The molecule has 0 bridgehead atoms. The van der Waals surface area contributed by atoms with Gasteiger partial charge in [-0.1, -0.05) is 12.1 Å². The third-order valence-corrected chi connectivity index (χ3v) is 6.31. The van der Waals surface area contributed by atoms with Crippen molar-refractivity contribution >= 4 is 16.9 Å². The van der Waals surface area contributed by atoms with E-state index in [-0.39, 0.29) is 18.1 Å². The molecule has 1 unspecified atom stereocenters. The zero-order valence-electron chi connectivity index (χ0n) is 18.3. The van der Waals surface area contributed by atoms with Gasteiger partial charge >= 0.3 is 5.63 Å². The lowest BCUT2D eigenvalue weighted by atomic mass is 10.0. The van der Waals surface area contributed by atoms with Crippen molar-refractivity contribution in [3.05, 3.63) is 69.6 Å². The standard InChI is InChI=1S/C25H26N2O5/c1-16-11-19-18(13-24(28)32-22(19)12-17(16)2)14-26-7-9-27(10-8-26)25(29)23-15-30-20-5-3-4-6-21(20)31-23/h3-6,11-13,23H,7-10,14-15H2,1-2H3. The zero-order valence-corrected chi connectivity index (χ0v) is 18.3. The molecule has 3 aromatic rings. The lowest BCUT2D eigenvalue weighted by Gasteiger charge is -2.37. The molecule has 0 aliphatic carbocycles. The molecule has 0 radical (unpaired) electrons. The molecule has 5 rings (SSSR count). The molecule has 7 heteroatoms. The average Bonchev–Trinajstić information content (AvgIpc) is 2.80. The molecule has 2 aliphatic heterocycles. The van der Waals surface area contributed by atoms with E-state index in [1.165, 1.54) is 5.56 Å². The number of piperazine rings is 1. The lowest BCUT2D eigenvalue weighted by Crippen LogP contribution is -2.53. The first kappa shape index (κ1) is 20.6. The summed E-state index contributed by atoms with van der Waals surface area (Å²) in [6.07, 6.45) is -0.620. The summed E-state index contributed by atoms with van der Waals surface area (Å²) in [5, 5.41) is 0.970. The van der Waals surface area contributed by atoms with Gasteiger partial charge in [0, 0.05) is 44.2 Å². The van der Waals surface area contributed by atoms with E-state index in [0.717, 1.165) is 29.6 Å². The first-order chi connectivity index (χ1) is 15.5. The fraction of sp³-hybridized carbons (Fsp3) is 0.360. The number of nitrogens with zero attached hydrogens (tertiary/aromatic N) is 2. The number of fused-ring (bicyclic) bond motifs is 2. The molecular weight excluding hydrogens is 408 g/mol. The molecule has 7 nitrogen and oxygen atoms in total. The smallest absolute Gasteiger partial charge is 0.336 e. The first-order valence-corrected chi connectivity index (χ1v) is 10.9. The van der Waals surface area contributed by atoms with Crippen molar-refractivity contribution in [2.45, 2.75) is 26.5 Å². The summed E-state index contributed by atoms with van der Waals surface area (Å²) >= 11 is 0. The monoisotopic (exact) mass is 434 g/mol. The molecule has 3 heterocycles. The van der Waals surface area contributed by atoms with E-state index in [4.69, 9.17) is 13.9 Å². The molecule has 32 heavy (non-hydrogen) atoms. The summed E-state index contributed by atoms with van der Waals surface area (Å²) in [4.78, 5) is 29.1. The summed E-state index contributed by atoms with van der Waals surface area (Å²) in [7, 11) is 0. The van der Waals surface area contributed by atoms with Gasteiger partial charge in [-0.25, -0.2) is 4.79 Å². The van der Waals surface area contributed by atoms with Crippen LogP contribution in [0.1, 0.15) is 16.7 Å². The van der Waals surface area contributed by atoms with Gasteiger partial charge in [-0.15, -0.1) is 0 Å². The summed E-state index contributed by atoms with van der Waals surface area (Å²) < 4.78 is 17.0. The van der Waals surface area contributed by atoms with E-state index in [9.17, 15) is 9.59 Å². The Morgan fingerprint density at radius 1 is 1.00 bits per heavy atom. The van der Waals surface area contributed by atoms with E-state index in [1.54, 1.807) is 6.07 Å². The normalized spacial score (nSPS) is 18.7. The van der Waals surface area contributed by atoms with Crippen LogP contribution in [-0.4, -0.2) is 54.6 Å². The predicted octanol–water partition coefficient (Wildman–Crippen LogP) is 2.89. The molecule has 166 valence electrons. The fourth-order valence-electron chi connectivity index (χ4n) is 4.33. The highest BCUT2D eigenvalue weighted by atomic mass is 16.6. The van der Waals surface area contributed by atoms with Crippen molar-refractivity contribution in [1.29, 1.82) is 0 Å². The number of hydrogen-bond donors (Lipinski definition) is 0. The van der Waals surface area contributed by atoms with Crippen LogP contribution in [0.3, 0.4) is 0 Å². The number of aryl methyl sites for hydroxylation is 2. The summed E-state index contributed by atoms with van der Waals surface area (Å²) in [5.41, 5.74) is 3.51. The number of amides is 1. The number of carbonyl (C=O) groups is 1. The molecule has 1 aromatic heterocycles. The molecule has 1 atom stereocenters. The second-order valence-corrected chi connectivity index (χ2v) is 8.49. The van der Waals surface area contributed by atoms with Gasteiger partial charge in [-0.3, -0.25) is 9.69 Å². The van der Waals surface area contributed by atoms with Gasteiger partial charge in [0.25, 0.3) is 5.91 Å². The van der Waals surface area contributed by atoms with E-state index in [1.807, 2.05) is 42.2 Å². The number of rotatable bonds is 3. The van der Waals surface area contributed by atoms with Crippen LogP contribution < -0.4 is 15.1 Å². The fourth-order valence-corrected chi connectivity index (χ4v) is 4.33. The van der Waals surface area contributed by atoms with Crippen LogP contribution in [0, 0.1) is 13.8 Å². The third kappa shape index (κ3) is 3.96. The van der Waals surface area contributed by atoms with Crippen LogP contribution in [0.5, 0.6) is 11.5 Å². The van der Waals surface area contributed by atoms with Crippen molar-refractivity contribution in [1.82, 2.24) is 9.80 Å². The highest BCUT2D eigenvalue weighted by molar-refractivity contribution is 5.82. The van der Waals surface area contributed by atoms with Crippen LogP contribution in [0.2, 0.25) is 0 Å². The first-order valence-electron chi connectivity index (χ1n) is 10.9. The van der Waals surface area contributed by atoms with Gasteiger partial charge in [0.15, 0.2) is 11.5 Å². The summed E-state index contributed by atoms with van der Waals surface area (Å²) in [5.74, 6) is 1.23. The largest absolute Gasteiger partial charge is 0.485 e. The molecule has 2 aromatic carbocycles. The third-order valence-electron chi connectivity index (χ3n) is 6.31. The minimum Gasteiger partial charge on any atom is -0.485 e. The van der Waals surface area contributed by atoms with Crippen molar-refractivity contribution in [2.24, 2.45) is 0 Å². The minimum atomic E-state index is -0.620. The minimum absolute atomic E-state index is 0.0453. The summed E-state index contributed by atoms with van der Waals surface area (Å²) in [6.45, 7) is 7.60. The molecule has 0 N–H and O–H groups in total. The lowest BCUT2D eigenvalue weighted by molar-refractivity contribution is -0.143. The topological polar surface area (TPSA) is 72.2 Å². The molecule has 1 amide bonds. The average molecular weight is 434 g/mol. The van der Waals surface area contributed by atoms with Gasteiger partial charge in [0.2, 0.25) is 6.10 Å². The van der Waals surface area contributed by atoms with Gasteiger partial charge in [0.05, 0.1) is 0 Å². The maximum atomic E-state index is 13.0. The Balaban J connectivity index is 1.24. The van der Waals surface area contributed by atoms with Gasteiger partial charge < -0.3 is 18.8 Å². The molecule has 0 spiro atoms. The maximum Gasteiger partial charge on any atom is 0.336 e.